The molecule has 0 atom stereocenters. The molecule has 1 amide bonds. The summed E-state index contributed by atoms with van der Waals surface area (Å²) in [6.07, 6.45) is 0. The lowest BCUT2D eigenvalue weighted by Gasteiger charge is -2.05. The number of rotatable bonds is 5. The van der Waals surface area contributed by atoms with E-state index in [0.29, 0.717) is 15.8 Å². The Labute approximate surface area is 158 Å². The average molecular weight is 388 g/mol. The van der Waals surface area contributed by atoms with Gasteiger partial charge in [-0.2, -0.15) is 0 Å². The number of thiazole rings is 1. The Morgan fingerprint density at radius 2 is 1.96 bits per heavy atom. The molecule has 1 aromatic heterocycles. The van der Waals surface area contributed by atoms with E-state index in [-0.39, 0.29) is 5.56 Å². The summed E-state index contributed by atoms with van der Waals surface area (Å²) in [5, 5.41) is 5.47. The maximum absolute atomic E-state index is 11.9. The third-order valence-corrected chi connectivity index (χ3v) is 4.36. The molecule has 3 N–H and O–H groups in total. The third-order valence-electron chi connectivity index (χ3n) is 3.35. The lowest BCUT2D eigenvalue weighted by atomic mass is 10.2. The summed E-state index contributed by atoms with van der Waals surface area (Å²) < 4.78 is 4.98. The molecule has 6 nitrogen and oxygen atoms in total. The average Bonchev–Trinajstić information content (AvgIpc) is 3.08. The molecule has 0 spiro atoms. The molecule has 0 fully saturated rings. The van der Waals surface area contributed by atoms with E-state index in [1.165, 1.54) is 17.4 Å². The van der Waals surface area contributed by atoms with Crippen LogP contribution >= 0.6 is 22.9 Å². The second-order valence-corrected chi connectivity index (χ2v) is 6.59. The van der Waals surface area contributed by atoms with Crippen LogP contribution in [0.3, 0.4) is 0 Å². The SMILES string of the molecule is Nc1cccc(C(=O)OCC(=O)Nc2nc(-c3ccc(Cl)cc3)cs2)c1. The van der Waals surface area contributed by atoms with Crippen molar-refractivity contribution in [2.75, 3.05) is 17.7 Å². The Kier molecular flexibility index (Phi) is 5.50. The zero-order chi connectivity index (χ0) is 18.5. The molecule has 0 bridgehead atoms. The van der Waals surface area contributed by atoms with Gasteiger partial charge in [-0.3, -0.25) is 10.1 Å². The molecule has 0 saturated carbocycles. The van der Waals surface area contributed by atoms with Gasteiger partial charge in [0.1, 0.15) is 0 Å². The maximum Gasteiger partial charge on any atom is 0.338 e. The zero-order valence-corrected chi connectivity index (χ0v) is 15.0. The van der Waals surface area contributed by atoms with Gasteiger partial charge < -0.3 is 10.5 Å². The van der Waals surface area contributed by atoms with Gasteiger partial charge in [0, 0.05) is 21.7 Å². The molecule has 8 heteroatoms. The molecule has 0 radical (unpaired) electrons. The monoisotopic (exact) mass is 387 g/mol. The predicted octanol–water partition coefficient (Wildman–Crippen LogP) is 3.84. The van der Waals surface area contributed by atoms with E-state index in [1.54, 1.807) is 30.3 Å². The molecule has 3 aromatic rings. The number of halogens is 1. The number of nitrogens with two attached hydrogens (primary N) is 1. The van der Waals surface area contributed by atoms with Gasteiger partial charge in [0.15, 0.2) is 11.7 Å². The van der Waals surface area contributed by atoms with Crippen LogP contribution in [-0.4, -0.2) is 23.5 Å². The number of esters is 1. The fourth-order valence-corrected chi connectivity index (χ4v) is 2.98. The highest BCUT2D eigenvalue weighted by Crippen LogP contribution is 2.25. The van der Waals surface area contributed by atoms with Crippen molar-refractivity contribution in [3.05, 3.63) is 64.5 Å². The number of anilines is 2. The van der Waals surface area contributed by atoms with Crippen LogP contribution in [0.4, 0.5) is 10.8 Å². The van der Waals surface area contributed by atoms with Crippen LogP contribution in [0, 0.1) is 0 Å². The quantitative estimate of drug-likeness (QED) is 0.512. The summed E-state index contributed by atoms with van der Waals surface area (Å²) in [6.45, 7) is -0.413. The molecular formula is C18H14ClN3O3S. The number of aromatic nitrogens is 1. The first kappa shape index (κ1) is 17.9. The highest BCUT2D eigenvalue weighted by atomic mass is 35.5. The van der Waals surface area contributed by atoms with Crippen LogP contribution in [0.15, 0.2) is 53.9 Å². The van der Waals surface area contributed by atoms with E-state index in [9.17, 15) is 9.59 Å². The Bertz CT molecular complexity index is 941. The van der Waals surface area contributed by atoms with Crippen molar-refractivity contribution in [3.63, 3.8) is 0 Å². The number of carbonyl (C=O) groups excluding carboxylic acids is 2. The van der Waals surface area contributed by atoms with Gasteiger partial charge in [-0.25, -0.2) is 9.78 Å². The molecule has 3 rings (SSSR count). The van der Waals surface area contributed by atoms with Crippen molar-refractivity contribution in [2.24, 2.45) is 0 Å². The topological polar surface area (TPSA) is 94.3 Å². The predicted molar refractivity (Wildman–Crippen MR) is 102 cm³/mol. The van der Waals surface area contributed by atoms with E-state index in [1.807, 2.05) is 17.5 Å². The van der Waals surface area contributed by atoms with Gasteiger partial charge in [0.25, 0.3) is 5.91 Å². The molecule has 1 heterocycles. The summed E-state index contributed by atoms with van der Waals surface area (Å²) >= 11 is 7.14. The van der Waals surface area contributed by atoms with Gasteiger partial charge in [-0.15, -0.1) is 11.3 Å². The van der Waals surface area contributed by atoms with Crippen LogP contribution in [-0.2, 0) is 9.53 Å². The molecule has 0 unspecified atom stereocenters. The fourth-order valence-electron chi connectivity index (χ4n) is 2.12. The Morgan fingerprint density at radius 1 is 1.19 bits per heavy atom. The Balaban J connectivity index is 1.55. The number of nitrogens with one attached hydrogen (secondary N) is 1. The maximum atomic E-state index is 11.9. The highest BCUT2D eigenvalue weighted by Gasteiger charge is 2.12. The number of nitrogen functional groups attached to an aromatic ring is 1. The number of hydrogen-bond acceptors (Lipinski definition) is 6. The normalized spacial score (nSPS) is 10.3. The van der Waals surface area contributed by atoms with Crippen molar-refractivity contribution in [1.82, 2.24) is 4.98 Å². The fraction of sp³-hybridized carbons (Fsp3) is 0.0556. The lowest BCUT2D eigenvalue weighted by molar-refractivity contribution is -0.119. The van der Waals surface area contributed by atoms with E-state index in [2.05, 4.69) is 10.3 Å². The Hall–Kier alpha value is -2.90. The van der Waals surface area contributed by atoms with Gasteiger partial charge in [-0.1, -0.05) is 29.8 Å². The summed E-state index contributed by atoms with van der Waals surface area (Å²) in [5.41, 5.74) is 7.96. The molecular weight excluding hydrogens is 374 g/mol. The standard InChI is InChI=1S/C18H14ClN3O3S/c19-13-6-4-11(5-7-13)15-10-26-18(21-15)22-16(23)9-25-17(24)12-2-1-3-14(20)8-12/h1-8,10H,9,20H2,(H,21,22,23). The number of hydrogen-bond donors (Lipinski definition) is 2. The first-order chi connectivity index (χ1) is 12.5. The summed E-state index contributed by atoms with van der Waals surface area (Å²) in [4.78, 5) is 28.2. The van der Waals surface area contributed by atoms with Crippen LogP contribution in [0.2, 0.25) is 5.02 Å². The summed E-state index contributed by atoms with van der Waals surface area (Å²) in [6, 6.07) is 13.6. The molecule has 0 aliphatic carbocycles. The second kappa shape index (κ2) is 7.99. The van der Waals surface area contributed by atoms with E-state index in [0.717, 1.165) is 11.3 Å². The molecule has 132 valence electrons. The first-order valence-electron chi connectivity index (χ1n) is 7.55. The summed E-state index contributed by atoms with van der Waals surface area (Å²) in [5.74, 6) is -1.09. The van der Waals surface area contributed by atoms with Gasteiger partial charge in [0.05, 0.1) is 11.3 Å². The van der Waals surface area contributed by atoms with Crippen molar-refractivity contribution >= 4 is 45.6 Å². The Morgan fingerprint density at radius 3 is 2.69 bits per heavy atom. The minimum Gasteiger partial charge on any atom is -0.452 e. The smallest absolute Gasteiger partial charge is 0.338 e. The van der Waals surface area contributed by atoms with Gasteiger partial charge >= 0.3 is 5.97 Å². The summed E-state index contributed by atoms with van der Waals surface area (Å²) in [7, 11) is 0. The van der Waals surface area contributed by atoms with Crippen LogP contribution in [0.5, 0.6) is 0 Å². The molecule has 0 saturated heterocycles. The van der Waals surface area contributed by atoms with E-state index < -0.39 is 18.5 Å². The first-order valence-corrected chi connectivity index (χ1v) is 8.81. The minimum absolute atomic E-state index is 0.289. The van der Waals surface area contributed by atoms with Crippen molar-refractivity contribution < 1.29 is 14.3 Å². The number of amides is 1. The van der Waals surface area contributed by atoms with Crippen molar-refractivity contribution in [1.29, 1.82) is 0 Å². The second-order valence-electron chi connectivity index (χ2n) is 5.29. The molecule has 2 aromatic carbocycles. The number of benzene rings is 2. The molecule has 0 aliphatic rings. The van der Waals surface area contributed by atoms with Crippen LogP contribution in [0.1, 0.15) is 10.4 Å². The zero-order valence-electron chi connectivity index (χ0n) is 13.4. The highest BCUT2D eigenvalue weighted by molar-refractivity contribution is 7.14. The third kappa shape index (κ3) is 4.59. The van der Waals surface area contributed by atoms with Gasteiger partial charge in [0.2, 0.25) is 0 Å². The number of nitrogens with zero attached hydrogens (tertiary/aromatic N) is 1. The number of carbonyl (C=O) groups is 2. The van der Waals surface area contributed by atoms with Crippen molar-refractivity contribution in [2.45, 2.75) is 0 Å². The number of ether oxygens (including phenoxy) is 1. The molecule has 0 aliphatic heterocycles. The largest absolute Gasteiger partial charge is 0.452 e. The van der Waals surface area contributed by atoms with E-state index in [4.69, 9.17) is 22.1 Å². The lowest BCUT2D eigenvalue weighted by Crippen LogP contribution is -2.20. The van der Waals surface area contributed by atoms with E-state index >= 15 is 0 Å². The van der Waals surface area contributed by atoms with Gasteiger partial charge in [-0.05, 0) is 30.3 Å². The van der Waals surface area contributed by atoms with Crippen LogP contribution < -0.4 is 11.1 Å². The van der Waals surface area contributed by atoms with Crippen LogP contribution in [0.25, 0.3) is 11.3 Å². The van der Waals surface area contributed by atoms with Crippen molar-refractivity contribution in [3.8, 4) is 11.3 Å². The minimum atomic E-state index is -0.617. The molecule has 26 heavy (non-hydrogen) atoms.